The molecule has 12 heavy (non-hydrogen) atoms. The highest BCUT2D eigenvalue weighted by Gasteiger charge is 2.06. The summed E-state index contributed by atoms with van der Waals surface area (Å²) >= 11 is 5.86. The minimum atomic E-state index is 0. The molecule has 0 fully saturated rings. The van der Waals surface area contributed by atoms with E-state index in [1.165, 1.54) is 0 Å². The molecule has 0 saturated heterocycles. The Morgan fingerprint density at radius 3 is 2.83 bits per heavy atom. The maximum Gasteiger partial charge on any atom is 0.0637 e. The molecule has 1 aromatic heterocycles. The molecular formula is C8H12Cl2N2. The first kappa shape index (κ1) is 11.7. The van der Waals surface area contributed by atoms with Crippen LogP contribution in [0.5, 0.6) is 0 Å². The van der Waals surface area contributed by atoms with E-state index in [0.717, 1.165) is 12.0 Å². The second kappa shape index (κ2) is 5.36. The van der Waals surface area contributed by atoms with Gasteiger partial charge in [-0.2, -0.15) is 0 Å². The molecule has 68 valence electrons. The van der Waals surface area contributed by atoms with Crippen LogP contribution in [0.25, 0.3) is 0 Å². The summed E-state index contributed by atoms with van der Waals surface area (Å²) in [7, 11) is 0. The Morgan fingerprint density at radius 2 is 2.33 bits per heavy atom. The van der Waals surface area contributed by atoms with Crippen molar-refractivity contribution in [1.82, 2.24) is 4.98 Å². The topological polar surface area (TPSA) is 38.9 Å². The van der Waals surface area contributed by atoms with E-state index >= 15 is 0 Å². The van der Waals surface area contributed by atoms with Gasteiger partial charge in [-0.25, -0.2) is 0 Å². The SMILES string of the molecule is CC[C@H](N)c1ccncc1Cl.Cl. The zero-order valence-corrected chi connectivity index (χ0v) is 8.40. The second-order valence-electron chi connectivity index (χ2n) is 2.41. The van der Waals surface area contributed by atoms with Crippen LogP contribution in [0.3, 0.4) is 0 Å². The Hall–Kier alpha value is -0.310. The second-order valence-corrected chi connectivity index (χ2v) is 2.82. The van der Waals surface area contributed by atoms with Crippen molar-refractivity contribution in [3.63, 3.8) is 0 Å². The molecule has 0 aromatic carbocycles. The summed E-state index contributed by atoms with van der Waals surface area (Å²) in [5.41, 5.74) is 6.76. The van der Waals surface area contributed by atoms with Crippen LogP contribution in [0.4, 0.5) is 0 Å². The Labute approximate surface area is 83.5 Å². The highest BCUT2D eigenvalue weighted by molar-refractivity contribution is 6.31. The van der Waals surface area contributed by atoms with Gasteiger partial charge in [-0.3, -0.25) is 4.98 Å². The lowest BCUT2D eigenvalue weighted by atomic mass is 10.1. The van der Waals surface area contributed by atoms with Gasteiger partial charge in [0.15, 0.2) is 0 Å². The van der Waals surface area contributed by atoms with Gasteiger partial charge in [-0.15, -0.1) is 12.4 Å². The molecule has 0 bridgehead atoms. The summed E-state index contributed by atoms with van der Waals surface area (Å²) in [6.07, 6.45) is 4.22. The molecule has 0 aliphatic carbocycles. The number of aromatic nitrogens is 1. The van der Waals surface area contributed by atoms with Gasteiger partial charge in [0.25, 0.3) is 0 Å². The summed E-state index contributed by atoms with van der Waals surface area (Å²) in [5, 5.41) is 0.654. The molecule has 0 amide bonds. The van der Waals surface area contributed by atoms with Crippen molar-refractivity contribution in [1.29, 1.82) is 0 Å². The number of rotatable bonds is 2. The van der Waals surface area contributed by atoms with E-state index in [0.29, 0.717) is 5.02 Å². The molecule has 0 spiro atoms. The third-order valence-corrected chi connectivity index (χ3v) is 1.96. The molecule has 4 heteroatoms. The summed E-state index contributed by atoms with van der Waals surface area (Å²) < 4.78 is 0. The van der Waals surface area contributed by atoms with Crippen LogP contribution in [0.2, 0.25) is 5.02 Å². The van der Waals surface area contributed by atoms with Crippen molar-refractivity contribution in [2.75, 3.05) is 0 Å². The molecule has 2 nitrogen and oxygen atoms in total. The summed E-state index contributed by atoms with van der Waals surface area (Å²) in [6.45, 7) is 2.03. The number of hydrogen-bond donors (Lipinski definition) is 1. The molecule has 0 radical (unpaired) electrons. The van der Waals surface area contributed by atoms with Gasteiger partial charge in [0.05, 0.1) is 5.02 Å². The maximum absolute atomic E-state index is 5.86. The third kappa shape index (κ3) is 2.63. The molecule has 1 atom stereocenters. The van der Waals surface area contributed by atoms with Crippen molar-refractivity contribution in [2.24, 2.45) is 5.73 Å². The first-order chi connectivity index (χ1) is 5.25. The fourth-order valence-electron chi connectivity index (χ4n) is 0.907. The van der Waals surface area contributed by atoms with Crippen LogP contribution < -0.4 is 5.73 Å². The van der Waals surface area contributed by atoms with Crippen molar-refractivity contribution in [3.05, 3.63) is 29.0 Å². The zero-order chi connectivity index (χ0) is 8.27. The van der Waals surface area contributed by atoms with E-state index in [-0.39, 0.29) is 18.4 Å². The van der Waals surface area contributed by atoms with E-state index < -0.39 is 0 Å². The molecule has 1 aromatic rings. The first-order valence-electron chi connectivity index (χ1n) is 3.60. The van der Waals surface area contributed by atoms with Crippen molar-refractivity contribution in [3.8, 4) is 0 Å². The van der Waals surface area contributed by atoms with Crippen molar-refractivity contribution in [2.45, 2.75) is 19.4 Å². The summed E-state index contributed by atoms with van der Waals surface area (Å²) in [5.74, 6) is 0. The number of nitrogens with zero attached hydrogens (tertiary/aromatic N) is 1. The monoisotopic (exact) mass is 206 g/mol. The van der Waals surface area contributed by atoms with Gasteiger partial charge in [0.2, 0.25) is 0 Å². The van der Waals surface area contributed by atoms with Crippen molar-refractivity contribution < 1.29 is 0 Å². The van der Waals surface area contributed by atoms with Crippen molar-refractivity contribution >= 4 is 24.0 Å². The van der Waals surface area contributed by atoms with E-state index in [9.17, 15) is 0 Å². The predicted octanol–water partition coefficient (Wildman–Crippen LogP) is 2.57. The molecular weight excluding hydrogens is 195 g/mol. The number of nitrogens with two attached hydrogens (primary N) is 1. The smallest absolute Gasteiger partial charge is 0.0637 e. The van der Waals surface area contributed by atoms with Gasteiger partial charge < -0.3 is 5.73 Å². The van der Waals surface area contributed by atoms with Crippen LogP contribution in [0, 0.1) is 0 Å². The van der Waals surface area contributed by atoms with Gasteiger partial charge in [0, 0.05) is 18.4 Å². The Bertz CT molecular complexity index is 240. The molecule has 2 N–H and O–H groups in total. The van der Waals surface area contributed by atoms with Crippen LogP contribution >= 0.6 is 24.0 Å². The minimum absolute atomic E-state index is 0. The molecule has 0 aliphatic heterocycles. The van der Waals surface area contributed by atoms with Crippen LogP contribution in [-0.4, -0.2) is 4.98 Å². The normalized spacial score (nSPS) is 11.9. The lowest BCUT2D eigenvalue weighted by Gasteiger charge is -2.09. The number of pyridine rings is 1. The van der Waals surface area contributed by atoms with Gasteiger partial charge in [-0.05, 0) is 18.1 Å². The Balaban J connectivity index is 0.00000121. The highest BCUT2D eigenvalue weighted by atomic mass is 35.5. The number of halogens is 2. The van der Waals surface area contributed by atoms with Crippen LogP contribution in [-0.2, 0) is 0 Å². The largest absolute Gasteiger partial charge is 0.324 e. The van der Waals surface area contributed by atoms with E-state index in [1.54, 1.807) is 12.4 Å². The standard InChI is InChI=1S/C8H11ClN2.ClH/c1-2-8(10)6-3-4-11-5-7(6)9;/h3-5,8H,2,10H2,1H3;1H/t8-;/m0./s1. The van der Waals surface area contributed by atoms with Gasteiger partial charge in [-0.1, -0.05) is 18.5 Å². The minimum Gasteiger partial charge on any atom is -0.324 e. The number of hydrogen-bond acceptors (Lipinski definition) is 2. The summed E-state index contributed by atoms with van der Waals surface area (Å²) in [6, 6.07) is 1.89. The highest BCUT2D eigenvalue weighted by Crippen LogP contribution is 2.21. The maximum atomic E-state index is 5.86. The average Bonchev–Trinajstić information content (AvgIpc) is 2.04. The third-order valence-electron chi connectivity index (χ3n) is 1.64. The Morgan fingerprint density at radius 1 is 1.67 bits per heavy atom. The lowest BCUT2D eigenvalue weighted by molar-refractivity contribution is 0.697. The fourth-order valence-corrected chi connectivity index (χ4v) is 1.17. The van der Waals surface area contributed by atoms with Crippen LogP contribution in [0.1, 0.15) is 24.9 Å². The van der Waals surface area contributed by atoms with Gasteiger partial charge >= 0.3 is 0 Å². The quantitative estimate of drug-likeness (QED) is 0.809. The average molecular weight is 207 g/mol. The first-order valence-corrected chi connectivity index (χ1v) is 3.98. The fraction of sp³-hybridized carbons (Fsp3) is 0.375. The van der Waals surface area contributed by atoms with Gasteiger partial charge in [0.1, 0.15) is 0 Å². The Kier molecular flexibility index (Phi) is 5.22. The van der Waals surface area contributed by atoms with Crippen LogP contribution in [0.15, 0.2) is 18.5 Å². The molecule has 1 heterocycles. The molecule has 0 aliphatic rings. The zero-order valence-electron chi connectivity index (χ0n) is 6.83. The molecule has 1 rings (SSSR count). The van der Waals surface area contributed by atoms with E-state index in [2.05, 4.69) is 4.98 Å². The van der Waals surface area contributed by atoms with E-state index in [1.807, 2.05) is 13.0 Å². The molecule has 0 saturated carbocycles. The summed E-state index contributed by atoms with van der Waals surface area (Å²) in [4.78, 5) is 3.87. The molecule has 0 unspecified atom stereocenters. The van der Waals surface area contributed by atoms with E-state index in [4.69, 9.17) is 17.3 Å². The predicted molar refractivity (Wildman–Crippen MR) is 53.7 cm³/mol. The lowest BCUT2D eigenvalue weighted by Crippen LogP contribution is -2.09.